The van der Waals surface area contributed by atoms with E-state index >= 15 is 0 Å². The average molecular weight is 153 g/mol. The maximum absolute atomic E-state index is 5.25. The van der Waals surface area contributed by atoms with Gasteiger partial charge >= 0.3 is 35.9 Å². The molecule has 46 valence electrons. The fraction of sp³-hybridized carbons (Fsp3) is 0.500. The van der Waals surface area contributed by atoms with E-state index in [9.17, 15) is 0 Å². The first-order valence-corrected chi connectivity index (χ1v) is 1.79. The summed E-state index contributed by atoms with van der Waals surface area (Å²) in [7, 11) is 0. The topological polar surface area (TPSA) is 0 Å². The van der Waals surface area contributed by atoms with E-state index in [1.54, 1.807) is 0 Å². The molecule has 0 N–H and O–H groups in total. The Morgan fingerprint density at radius 2 is 1.12 bits per heavy atom. The third-order valence-electron chi connectivity index (χ3n) is 0. The summed E-state index contributed by atoms with van der Waals surface area (Å²) in [6.07, 6.45) is 9.00. The van der Waals surface area contributed by atoms with Crippen molar-refractivity contribution in [1.29, 1.82) is 0 Å². The summed E-state index contributed by atoms with van der Waals surface area (Å²) in [5.74, 6) is 1.42. The molecule has 0 aliphatic rings. The zero-order valence-electron chi connectivity index (χ0n) is 5.88. The van der Waals surface area contributed by atoms with Crippen LogP contribution in [0.15, 0.2) is 0 Å². The molecule has 0 aliphatic carbocycles. The monoisotopic (exact) mass is 152 g/mol. The fourth-order valence-corrected chi connectivity index (χ4v) is 0. The standard InChI is InChI=1S/C4H9.C2H.Cu.Li/c1-4(2)3;1-2;;/h1-3H3;1H;;/q2*-1;2*+1. The minimum atomic E-state index is 0. The molecule has 0 saturated heterocycles. The summed E-state index contributed by atoms with van der Waals surface area (Å²) < 4.78 is 0. The van der Waals surface area contributed by atoms with E-state index in [1.165, 1.54) is 5.92 Å². The van der Waals surface area contributed by atoms with Crippen LogP contribution in [0.25, 0.3) is 0 Å². The van der Waals surface area contributed by atoms with Crippen LogP contribution >= 0.6 is 0 Å². The van der Waals surface area contributed by atoms with Gasteiger partial charge < -0.3 is 18.8 Å². The summed E-state index contributed by atoms with van der Waals surface area (Å²) in [6, 6.07) is 0. The maximum atomic E-state index is 5.25. The first kappa shape index (κ1) is 23.4. The van der Waals surface area contributed by atoms with Crippen LogP contribution < -0.4 is 18.9 Å². The number of hydrogen-bond acceptors (Lipinski definition) is 0. The summed E-state index contributed by atoms with van der Waals surface area (Å²) in [5.41, 5.74) is 0. The van der Waals surface area contributed by atoms with Crippen molar-refractivity contribution in [2.75, 3.05) is 0 Å². The Balaban J connectivity index is -0.0000000183. The molecule has 0 heterocycles. The first-order valence-electron chi connectivity index (χ1n) is 1.79. The third kappa shape index (κ3) is 470. The molecule has 0 spiro atoms. The number of terminal acetylenes is 1. The second kappa shape index (κ2) is 25.3. The van der Waals surface area contributed by atoms with Crippen molar-refractivity contribution >= 4 is 0 Å². The zero-order chi connectivity index (χ0) is 5.58. The molecule has 0 unspecified atom stereocenters. The van der Waals surface area contributed by atoms with Crippen LogP contribution in [0.2, 0.25) is 0 Å². The van der Waals surface area contributed by atoms with E-state index in [4.69, 9.17) is 6.42 Å². The largest absolute Gasteiger partial charge is 1.00 e. The Hall–Kier alpha value is 0.677. The van der Waals surface area contributed by atoms with Crippen molar-refractivity contribution in [3.05, 3.63) is 12.3 Å². The van der Waals surface area contributed by atoms with Crippen LogP contribution in [-0.4, -0.2) is 0 Å². The van der Waals surface area contributed by atoms with Gasteiger partial charge in [-0.05, 0) is 0 Å². The third-order valence-corrected chi connectivity index (χ3v) is 0. The summed E-state index contributed by atoms with van der Waals surface area (Å²) in [4.78, 5) is 0. The molecule has 2 heteroatoms. The zero-order valence-corrected chi connectivity index (χ0v) is 6.82. The molecule has 0 radical (unpaired) electrons. The second-order valence-corrected chi connectivity index (χ2v) is 1.50. The number of hydrogen-bond donors (Lipinski definition) is 0. The Kier molecular flexibility index (Phi) is 74.0. The van der Waals surface area contributed by atoms with E-state index < -0.39 is 0 Å². The number of rotatable bonds is 0. The molecular formula is C6H10CuLi. The summed E-state index contributed by atoms with van der Waals surface area (Å²) in [6.45, 7) is 6.25. The van der Waals surface area contributed by atoms with Gasteiger partial charge in [-0.1, -0.05) is 0 Å². The van der Waals surface area contributed by atoms with Crippen molar-refractivity contribution < 1.29 is 35.9 Å². The molecule has 0 aromatic rings. The molecule has 0 fully saturated rings. The molecule has 0 aromatic carbocycles. The van der Waals surface area contributed by atoms with Crippen molar-refractivity contribution in [2.24, 2.45) is 0 Å². The van der Waals surface area contributed by atoms with E-state index in [0.29, 0.717) is 0 Å². The van der Waals surface area contributed by atoms with Crippen LogP contribution in [0.3, 0.4) is 0 Å². The van der Waals surface area contributed by atoms with Gasteiger partial charge in [0, 0.05) is 0 Å². The van der Waals surface area contributed by atoms with E-state index in [0.717, 1.165) is 0 Å². The van der Waals surface area contributed by atoms with Gasteiger partial charge in [0.2, 0.25) is 0 Å². The molecule has 8 heavy (non-hydrogen) atoms. The minimum absolute atomic E-state index is 0. The van der Waals surface area contributed by atoms with E-state index in [-0.39, 0.29) is 35.9 Å². The molecule has 0 atom stereocenters. The quantitative estimate of drug-likeness (QED) is 0.233. The molecule has 0 bridgehead atoms. The van der Waals surface area contributed by atoms with Crippen LogP contribution in [0.1, 0.15) is 20.8 Å². The Morgan fingerprint density at radius 1 is 1.12 bits per heavy atom. The molecule has 0 aromatic heterocycles. The normalized spacial score (nSPS) is 4.75. The van der Waals surface area contributed by atoms with Crippen LogP contribution in [0, 0.1) is 18.8 Å². The van der Waals surface area contributed by atoms with Gasteiger partial charge in [-0.25, -0.2) is 0 Å². The maximum Gasteiger partial charge on any atom is 1.00 e. The first-order chi connectivity index (χ1) is 2.73. The van der Waals surface area contributed by atoms with Crippen LogP contribution in [0.4, 0.5) is 0 Å². The van der Waals surface area contributed by atoms with E-state index in [2.05, 4.69) is 27.2 Å². The van der Waals surface area contributed by atoms with Gasteiger partial charge in [0.1, 0.15) is 0 Å². The van der Waals surface area contributed by atoms with Crippen molar-refractivity contribution in [3.8, 4) is 6.42 Å². The molecule has 0 amide bonds. The molecule has 0 rings (SSSR count). The van der Waals surface area contributed by atoms with Crippen molar-refractivity contribution in [2.45, 2.75) is 20.8 Å². The Morgan fingerprint density at radius 3 is 1.12 bits per heavy atom. The van der Waals surface area contributed by atoms with Gasteiger partial charge in [0.05, 0.1) is 0 Å². The molecular weight excluding hydrogens is 143 g/mol. The molecule has 0 aliphatic heterocycles. The second-order valence-electron chi connectivity index (χ2n) is 1.50. The van der Waals surface area contributed by atoms with Gasteiger partial charge in [-0.15, -0.1) is 0 Å². The average Bonchev–Trinajstić information content (AvgIpc) is 1.41. The molecule has 0 saturated carbocycles. The van der Waals surface area contributed by atoms with E-state index in [1.807, 2.05) is 0 Å². The Labute approximate surface area is 75.5 Å². The van der Waals surface area contributed by atoms with Gasteiger partial charge in [-0.2, -0.15) is 20.8 Å². The summed E-state index contributed by atoms with van der Waals surface area (Å²) >= 11 is 0. The SMILES string of the molecule is C[C-](C)C.[C-]#C.[Cu+].[Li+]. The van der Waals surface area contributed by atoms with Crippen LogP contribution in [-0.2, 0) is 17.1 Å². The predicted molar refractivity (Wildman–Crippen MR) is 28.5 cm³/mol. The van der Waals surface area contributed by atoms with Crippen molar-refractivity contribution in [3.63, 3.8) is 0 Å². The fourth-order valence-electron chi connectivity index (χ4n) is 0. The minimum Gasteiger partial charge on any atom is -0.697 e. The Bertz CT molecular complexity index is 30.0. The van der Waals surface area contributed by atoms with Gasteiger partial charge in [0.25, 0.3) is 0 Å². The smallest absolute Gasteiger partial charge is 0.697 e. The summed E-state index contributed by atoms with van der Waals surface area (Å²) in [5, 5.41) is 0. The van der Waals surface area contributed by atoms with Gasteiger partial charge in [-0.3, -0.25) is 0 Å². The molecule has 0 nitrogen and oxygen atoms in total. The van der Waals surface area contributed by atoms with Gasteiger partial charge in [0.15, 0.2) is 0 Å². The predicted octanol–water partition coefficient (Wildman–Crippen LogP) is -1.17. The van der Waals surface area contributed by atoms with Crippen LogP contribution in [0.5, 0.6) is 0 Å². The van der Waals surface area contributed by atoms with Crippen molar-refractivity contribution in [1.82, 2.24) is 0 Å².